The van der Waals surface area contributed by atoms with Gasteiger partial charge < -0.3 is 9.84 Å². The molecule has 0 bridgehead atoms. The first kappa shape index (κ1) is 8.31. The smallest absolute Gasteiger partial charge is 0.0936 e. The molecule has 1 aliphatic heterocycles. The van der Waals surface area contributed by atoms with Gasteiger partial charge in [-0.2, -0.15) is 0 Å². The van der Waals surface area contributed by atoms with Crippen LogP contribution in [0.25, 0.3) is 0 Å². The molecule has 0 aromatic carbocycles. The van der Waals surface area contributed by atoms with E-state index < -0.39 is 6.10 Å². The quantitative estimate of drug-likeness (QED) is 0.621. The molecular formula is C7H13ClO2. The molecule has 1 fully saturated rings. The van der Waals surface area contributed by atoms with E-state index >= 15 is 0 Å². The molecule has 1 heterocycles. The highest BCUT2D eigenvalue weighted by atomic mass is 35.5. The van der Waals surface area contributed by atoms with Gasteiger partial charge in [-0.15, -0.1) is 11.6 Å². The second kappa shape index (κ2) is 4.16. The highest BCUT2D eigenvalue weighted by Gasteiger charge is 2.20. The largest absolute Gasteiger partial charge is 0.389 e. The highest BCUT2D eigenvalue weighted by Crippen LogP contribution is 2.16. The number of hydrogen-bond acceptors (Lipinski definition) is 2. The lowest BCUT2D eigenvalue weighted by molar-refractivity contribution is -0.0531. The van der Waals surface area contributed by atoms with Gasteiger partial charge in [0.05, 0.1) is 18.1 Å². The second-order valence-corrected chi connectivity index (χ2v) is 2.94. The highest BCUT2D eigenvalue weighted by molar-refractivity contribution is 6.18. The number of rotatable bonds is 2. The molecule has 2 atom stereocenters. The van der Waals surface area contributed by atoms with Gasteiger partial charge in [0, 0.05) is 6.61 Å². The van der Waals surface area contributed by atoms with E-state index in [0.717, 1.165) is 25.9 Å². The van der Waals surface area contributed by atoms with Gasteiger partial charge in [0.15, 0.2) is 0 Å². The van der Waals surface area contributed by atoms with Crippen molar-refractivity contribution in [3.63, 3.8) is 0 Å². The summed E-state index contributed by atoms with van der Waals surface area (Å²) in [5.41, 5.74) is 0. The third-order valence-corrected chi connectivity index (χ3v) is 2.12. The average Bonchev–Trinajstić information content (AvgIpc) is 2.05. The lowest BCUT2D eigenvalue weighted by Gasteiger charge is -2.25. The molecule has 0 radical (unpaired) electrons. The zero-order chi connectivity index (χ0) is 7.40. The van der Waals surface area contributed by atoms with E-state index in [9.17, 15) is 5.11 Å². The maximum atomic E-state index is 9.23. The van der Waals surface area contributed by atoms with Gasteiger partial charge in [-0.1, -0.05) is 0 Å². The summed E-state index contributed by atoms with van der Waals surface area (Å²) in [6, 6.07) is 0. The molecule has 0 saturated carbocycles. The topological polar surface area (TPSA) is 29.5 Å². The van der Waals surface area contributed by atoms with Crippen molar-refractivity contribution in [2.24, 2.45) is 0 Å². The van der Waals surface area contributed by atoms with Gasteiger partial charge in [0.2, 0.25) is 0 Å². The molecule has 2 nitrogen and oxygen atoms in total. The van der Waals surface area contributed by atoms with Crippen LogP contribution in [-0.2, 0) is 4.74 Å². The Bertz CT molecular complexity index is 91.6. The summed E-state index contributed by atoms with van der Waals surface area (Å²) in [7, 11) is 0. The average molecular weight is 165 g/mol. The number of aliphatic hydroxyl groups is 1. The van der Waals surface area contributed by atoms with E-state index in [0.29, 0.717) is 0 Å². The van der Waals surface area contributed by atoms with Crippen molar-refractivity contribution in [1.29, 1.82) is 0 Å². The second-order valence-electron chi connectivity index (χ2n) is 2.63. The predicted octanol–water partition coefficient (Wildman–Crippen LogP) is 1.16. The summed E-state index contributed by atoms with van der Waals surface area (Å²) in [5, 5.41) is 9.23. The first-order valence-corrected chi connectivity index (χ1v) is 4.23. The molecule has 0 aromatic heterocycles. The van der Waals surface area contributed by atoms with Crippen LogP contribution in [0, 0.1) is 0 Å². The predicted molar refractivity (Wildman–Crippen MR) is 40.3 cm³/mol. The van der Waals surface area contributed by atoms with Gasteiger partial charge in [-0.05, 0) is 19.3 Å². The van der Waals surface area contributed by atoms with Crippen molar-refractivity contribution in [2.75, 3.05) is 12.5 Å². The van der Waals surface area contributed by atoms with Crippen molar-refractivity contribution >= 4 is 11.6 Å². The first-order chi connectivity index (χ1) is 4.84. The molecule has 0 amide bonds. The van der Waals surface area contributed by atoms with E-state index in [1.54, 1.807) is 0 Å². The fourth-order valence-electron chi connectivity index (χ4n) is 1.17. The molecule has 1 aliphatic rings. The van der Waals surface area contributed by atoms with Gasteiger partial charge >= 0.3 is 0 Å². The molecule has 0 aliphatic carbocycles. The fourth-order valence-corrected chi connectivity index (χ4v) is 1.37. The van der Waals surface area contributed by atoms with Crippen LogP contribution in [-0.4, -0.2) is 29.8 Å². The Labute approximate surface area is 66.1 Å². The lowest BCUT2D eigenvalue weighted by atomic mass is 10.1. The summed E-state index contributed by atoms with van der Waals surface area (Å²) in [4.78, 5) is 0. The van der Waals surface area contributed by atoms with E-state index in [-0.39, 0.29) is 12.0 Å². The van der Waals surface area contributed by atoms with Gasteiger partial charge in [0.25, 0.3) is 0 Å². The van der Waals surface area contributed by atoms with Crippen molar-refractivity contribution in [1.82, 2.24) is 0 Å². The van der Waals surface area contributed by atoms with Crippen molar-refractivity contribution < 1.29 is 9.84 Å². The standard InChI is InChI=1S/C7H13ClO2/c8-5-6(9)7-3-1-2-4-10-7/h6-7,9H,1-5H2. The monoisotopic (exact) mass is 164 g/mol. The van der Waals surface area contributed by atoms with E-state index in [1.807, 2.05) is 0 Å². The third-order valence-electron chi connectivity index (χ3n) is 1.80. The van der Waals surface area contributed by atoms with Crippen LogP contribution >= 0.6 is 11.6 Å². The molecule has 60 valence electrons. The Kier molecular flexibility index (Phi) is 3.46. The Balaban J connectivity index is 2.24. The molecule has 0 aromatic rings. The fraction of sp³-hybridized carbons (Fsp3) is 1.00. The summed E-state index contributed by atoms with van der Waals surface area (Å²) < 4.78 is 5.30. The first-order valence-electron chi connectivity index (χ1n) is 3.70. The minimum Gasteiger partial charge on any atom is -0.389 e. The zero-order valence-electron chi connectivity index (χ0n) is 5.92. The molecule has 1 rings (SSSR count). The van der Waals surface area contributed by atoms with E-state index in [4.69, 9.17) is 16.3 Å². The van der Waals surface area contributed by atoms with Crippen LogP contribution in [0.15, 0.2) is 0 Å². The molecule has 1 saturated heterocycles. The van der Waals surface area contributed by atoms with Gasteiger partial charge in [-0.25, -0.2) is 0 Å². The third kappa shape index (κ3) is 2.11. The summed E-state index contributed by atoms with van der Waals surface area (Å²) in [6.45, 7) is 0.776. The van der Waals surface area contributed by atoms with Crippen LogP contribution in [0.3, 0.4) is 0 Å². The van der Waals surface area contributed by atoms with Gasteiger partial charge in [0.1, 0.15) is 0 Å². The molecule has 3 heteroatoms. The molecule has 2 unspecified atom stereocenters. The molecule has 1 N–H and O–H groups in total. The Morgan fingerprint density at radius 2 is 2.40 bits per heavy atom. The van der Waals surface area contributed by atoms with Crippen LogP contribution in [0.2, 0.25) is 0 Å². The zero-order valence-corrected chi connectivity index (χ0v) is 6.68. The Morgan fingerprint density at radius 3 is 2.90 bits per heavy atom. The van der Waals surface area contributed by atoms with Gasteiger partial charge in [-0.3, -0.25) is 0 Å². The minimum absolute atomic E-state index is 0.00810. The number of aliphatic hydroxyl groups excluding tert-OH is 1. The number of alkyl halides is 1. The van der Waals surface area contributed by atoms with Crippen molar-refractivity contribution in [3.8, 4) is 0 Å². The normalized spacial score (nSPS) is 30.0. The van der Waals surface area contributed by atoms with E-state index in [1.165, 1.54) is 0 Å². The Hall–Kier alpha value is 0.210. The number of hydrogen-bond donors (Lipinski definition) is 1. The molecule has 0 spiro atoms. The number of halogens is 1. The lowest BCUT2D eigenvalue weighted by Crippen LogP contribution is -2.33. The van der Waals surface area contributed by atoms with Crippen LogP contribution < -0.4 is 0 Å². The minimum atomic E-state index is -0.470. The van der Waals surface area contributed by atoms with E-state index in [2.05, 4.69) is 0 Å². The van der Waals surface area contributed by atoms with Crippen molar-refractivity contribution in [2.45, 2.75) is 31.5 Å². The van der Waals surface area contributed by atoms with Crippen LogP contribution in [0.4, 0.5) is 0 Å². The maximum absolute atomic E-state index is 9.23. The molecular weight excluding hydrogens is 152 g/mol. The van der Waals surface area contributed by atoms with Crippen molar-refractivity contribution in [3.05, 3.63) is 0 Å². The van der Waals surface area contributed by atoms with Crippen LogP contribution in [0.5, 0.6) is 0 Å². The summed E-state index contributed by atoms with van der Waals surface area (Å²) >= 11 is 5.46. The summed E-state index contributed by atoms with van der Waals surface area (Å²) in [5.74, 6) is 0.282. The Morgan fingerprint density at radius 1 is 1.60 bits per heavy atom. The molecule has 10 heavy (non-hydrogen) atoms. The number of ether oxygens (including phenoxy) is 1. The maximum Gasteiger partial charge on any atom is 0.0936 e. The SMILES string of the molecule is OC(CCl)C1CCCCO1. The van der Waals surface area contributed by atoms with Crippen LogP contribution in [0.1, 0.15) is 19.3 Å². The summed E-state index contributed by atoms with van der Waals surface area (Å²) in [6.07, 6.45) is 2.74.